The predicted octanol–water partition coefficient (Wildman–Crippen LogP) is 4.82. The highest BCUT2D eigenvalue weighted by Gasteiger charge is 2.13. The van der Waals surface area contributed by atoms with Crippen molar-refractivity contribution >= 4 is 33.2 Å². The number of carbonyl (C=O) groups excluding carboxylic acids is 1. The number of carbonyl (C=O) groups is 1. The molecule has 0 radical (unpaired) electrons. The molecule has 0 aliphatic heterocycles. The number of fused-ring (bicyclic) bond motifs is 1. The van der Waals surface area contributed by atoms with Crippen LogP contribution in [0.2, 0.25) is 0 Å². The summed E-state index contributed by atoms with van der Waals surface area (Å²) in [6.45, 7) is 0. The number of hydrogen-bond donors (Lipinski definition) is 1. The number of amides is 1. The van der Waals surface area contributed by atoms with Crippen LogP contribution in [0.4, 0.5) is 5.13 Å². The number of thiazole rings is 1. The summed E-state index contributed by atoms with van der Waals surface area (Å²) in [5, 5.41) is 5.45. The zero-order valence-electron chi connectivity index (χ0n) is 15.7. The van der Waals surface area contributed by atoms with Gasteiger partial charge in [-0.3, -0.25) is 14.3 Å². The van der Waals surface area contributed by atoms with Crippen molar-refractivity contribution in [3.63, 3.8) is 0 Å². The second-order valence-electron chi connectivity index (χ2n) is 7.10. The smallest absolute Gasteiger partial charge is 0.257 e. The van der Waals surface area contributed by atoms with Gasteiger partial charge in [-0.1, -0.05) is 24.3 Å². The Balaban J connectivity index is 1.49. The molecule has 1 heterocycles. The first-order valence-electron chi connectivity index (χ1n) is 9.36. The van der Waals surface area contributed by atoms with Crippen LogP contribution < -0.4 is 5.32 Å². The van der Waals surface area contributed by atoms with E-state index in [1.165, 1.54) is 41.7 Å². The molecule has 2 aromatic carbocycles. The van der Waals surface area contributed by atoms with Gasteiger partial charge < -0.3 is 0 Å². The van der Waals surface area contributed by atoms with Crippen molar-refractivity contribution in [3.8, 4) is 11.3 Å². The zero-order valence-corrected chi connectivity index (χ0v) is 17.4. The van der Waals surface area contributed by atoms with Gasteiger partial charge in [-0.15, -0.1) is 11.3 Å². The lowest BCUT2D eigenvalue weighted by Gasteiger charge is -2.16. The van der Waals surface area contributed by atoms with E-state index in [4.69, 9.17) is 0 Å². The minimum atomic E-state index is -0.937. The molecule has 1 aliphatic rings. The second-order valence-corrected chi connectivity index (χ2v) is 9.39. The largest absolute Gasteiger partial charge is 0.298 e. The molecule has 1 aromatic heterocycles. The first-order chi connectivity index (χ1) is 13.6. The van der Waals surface area contributed by atoms with Gasteiger partial charge in [-0.2, -0.15) is 0 Å². The number of anilines is 1. The highest BCUT2D eigenvalue weighted by Crippen LogP contribution is 2.29. The van der Waals surface area contributed by atoms with E-state index in [1.54, 1.807) is 18.4 Å². The molecule has 4 rings (SSSR count). The molecular weight excluding hydrogens is 388 g/mol. The van der Waals surface area contributed by atoms with E-state index in [0.29, 0.717) is 16.4 Å². The molecule has 0 saturated heterocycles. The lowest BCUT2D eigenvalue weighted by molar-refractivity contribution is 0.102. The van der Waals surface area contributed by atoms with Crippen LogP contribution in [0, 0.1) is 0 Å². The molecule has 1 unspecified atom stereocenters. The fourth-order valence-corrected chi connectivity index (χ4v) is 4.93. The van der Waals surface area contributed by atoms with Gasteiger partial charge in [-0.25, -0.2) is 4.98 Å². The van der Waals surface area contributed by atoms with Gasteiger partial charge in [0, 0.05) is 39.3 Å². The van der Waals surface area contributed by atoms with Crippen LogP contribution in [0.25, 0.3) is 11.3 Å². The van der Waals surface area contributed by atoms with E-state index >= 15 is 0 Å². The maximum atomic E-state index is 12.6. The van der Waals surface area contributed by atoms with Gasteiger partial charge in [0.05, 0.1) is 5.69 Å². The fourth-order valence-electron chi connectivity index (χ4n) is 3.56. The molecule has 0 saturated carbocycles. The minimum Gasteiger partial charge on any atom is -0.298 e. The Morgan fingerprint density at radius 3 is 2.79 bits per heavy atom. The van der Waals surface area contributed by atoms with E-state index in [2.05, 4.69) is 28.5 Å². The summed E-state index contributed by atoms with van der Waals surface area (Å²) in [5.74, 6) is 0.246. The quantitative estimate of drug-likeness (QED) is 0.656. The summed E-state index contributed by atoms with van der Waals surface area (Å²) in [6, 6.07) is 13.8. The summed E-state index contributed by atoms with van der Waals surface area (Å²) in [5.41, 5.74) is 6.31. The summed E-state index contributed by atoms with van der Waals surface area (Å²) in [7, 11) is -0.937. The van der Waals surface area contributed by atoms with Crippen molar-refractivity contribution in [1.82, 2.24) is 4.98 Å². The molecule has 6 heteroatoms. The lowest BCUT2D eigenvalue weighted by atomic mass is 9.90. The van der Waals surface area contributed by atoms with Crippen LogP contribution in [0.15, 0.2) is 47.8 Å². The van der Waals surface area contributed by atoms with Crippen LogP contribution in [-0.4, -0.2) is 21.4 Å². The molecule has 0 spiro atoms. The molecule has 4 nitrogen and oxygen atoms in total. The summed E-state index contributed by atoms with van der Waals surface area (Å²) in [4.78, 5) is 17.2. The molecule has 1 amide bonds. The molecule has 1 N–H and O–H groups in total. The van der Waals surface area contributed by atoms with E-state index in [9.17, 15) is 9.00 Å². The fraction of sp³-hybridized carbons (Fsp3) is 0.273. The van der Waals surface area contributed by atoms with E-state index < -0.39 is 10.8 Å². The Bertz CT molecular complexity index is 1040. The maximum Gasteiger partial charge on any atom is 0.257 e. The van der Waals surface area contributed by atoms with Gasteiger partial charge in [0.2, 0.25) is 0 Å². The van der Waals surface area contributed by atoms with Gasteiger partial charge >= 0.3 is 0 Å². The van der Waals surface area contributed by atoms with Gasteiger partial charge in [-0.05, 0) is 60.6 Å². The average molecular weight is 411 g/mol. The van der Waals surface area contributed by atoms with Crippen molar-refractivity contribution in [2.75, 3.05) is 11.6 Å². The Morgan fingerprint density at radius 2 is 1.96 bits per heavy atom. The Labute approximate surface area is 171 Å². The topological polar surface area (TPSA) is 59.1 Å². The molecule has 1 atom stereocenters. The monoisotopic (exact) mass is 410 g/mol. The van der Waals surface area contributed by atoms with Crippen molar-refractivity contribution in [2.45, 2.75) is 31.4 Å². The van der Waals surface area contributed by atoms with E-state index in [0.717, 1.165) is 23.2 Å². The second kappa shape index (κ2) is 8.37. The average Bonchev–Trinajstić information content (AvgIpc) is 3.16. The SMILES string of the molecule is CS(=O)Cc1cccc(C(=O)Nc2nc(-c3ccc4c(c3)CCCC4)cs2)c1. The highest BCUT2D eigenvalue weighted by molar-refractivity contribution is 7.83. The summed E-state index contributed by atoms with van der Waals surface area (Å²) in [6.07, 6.45) is 6.48. The van der Waals surface area contributed by atoms with Crippen molar-refractivity contribution < 1.29 is 9.00 Å². The van der Waals surface area contributed by atoms with Crippen LogP contribution in [-0.2, 0) is 29.4 Å². The van der Waals surface area contributed by atoms with Crippen LogP contribution in [0.3, 0.4) is 0 Å². The highest BCUT2D eigenvalue weighted by atomic mass is 32.2. The first kappa shape index (κ1) is 19.0. The Kier molecular flexibility index (Phi) is 5.69. The third-order valence-electron chi connectivity index (χ3n) is 4.93. The zero-order chi connectivity index (χ0) is 19.5. The first-order valence-corrected chi connectivity index (χ1v) is 12.0. The van der Waals surface area contributed by atoms with Crippen molar-refractivity contribution in [2.24, 2.45) is 0 Å². The molecule has 3 aromatic rings. The Morgan fingerprint density at radius 1 is 1.14 bits per heavy atom. The van der Waals surface area contributed by atoms with Crippen molar-refractivity contribution in [1.29, 1.82) is 0 Å². The van der Waals surface area contributed by atoms with Crippen LogP contribution in [0.1, 0.15) is 39.9 Å². The number of nitrogens with zero attached hydrogens (tertiary/aromatic N) is 1. The van der Waals surface area contributed by atoms with Crippen LogP contribution >= 0.6 is 11.3 Å². The van der Waals surface area contributed by atoms with Crippen LogP contribution in [0.5, 0.6) is 0 Å². The Hall–Kier alpha value is -2.31. The molecule has 28 heavy (non-hydrogen) atoms. The standard InChI is InChI=1S/C22H22N2O2S2/c1-28(26)14-15-5-4-8-19(11-15)21(25)24-22-23-20(13-27-22)18-10-9-16-6-2-3-7-17(16)12-18/h4-5,8-13H,2-3,6-7,14H2,1H3,(H,23,24,25). The van der Waals surface area contributed by atoms with Crippen molar-refractivity contribution in [3.05, 3.63) is 70.1 Å². The maximum absolute atomic E-state index is 12.6. The number of hydrogen-bond acceptors (Lipinski definition) is 4. The van der Waals surface area contributed by atoms with E-state index in [-0.39, 0.29) is 5.91 Å². The number of aromatic nitrogens is 1. The number of aryl methyl sites for hydroxylation is 2. The number of benzene rings is 2. The minimum absolute atomic E-state index is 0.199. The lowest BCUT2D eigenvalue weighted by Crippen LogP contribution is -2.12. The molecule has 1 aliphatic carbocycles. The van der Waals surface area contributed by atoms with Gasteiger partial charge in [0.15, 0.2) is 5.13 Å². The molecule has 0 fully saturated rings. The third kappa shape index (κ3) is 4.39. The normalized spacial score (nSPS) is 14.3. The molecular formula is C22H22N2O2S2. The van der Waals surface area contributed by atoms with Gasteiger partial charge in [0.25, 0.3) is 5.91 Å². The number of rotatable bonds is 5. The predicted molar refractivity (Wildman–Crippen MR) is 116 cm³/mol. The third-order valence-corrected chi connectivity index (χ3v) is 6.43. The number of nitrogens with one attached hydrogen (secondary N) is 1. The summed E-state index contributed by atoms with van der Waals surface area (Å²) < 4.78 is 11.4. The molecule has 144 valence electrons. The molecule has 0 bridgehead atoms. The summed E-state index contributed by atoms with van der Waals surface area (Å²) >= 11 is 1.43. The van der Waals surface area contributed by atoms with E-state index in [1.807, 2.05) is 17.5 Å². The van der Waals surface area contributed by atoms with Gasteiger partial charge in [0.1, 0.15) is 0 Å².